The fraction of sp³-hybridized carbons (Fsp3) is 0.900. The SMILES string of the molecule is CCCN(C)C(=O)C1CCC(CN)O1. The summed E-state index contributed by atoms with van der Waals surface area (Å²) in [5.41, 5.74) is 5.48. The average molecular weight is 200 g/mol. The number of likely N-dealkylation sites (N-methyl/N-ethyl adjacent to an activating group) is 1. The fourth-order valence-corrected chi connectivity index (χ4v) is 1.75. The number of nitrogens with two attached hydrogens (primary N) is 1. The van der Waals surface area contributed by atoms with E-state index < -0.39 is 0 Å². The molecule has 1 amide bonds. The average Bonchev–Trinajstić information content (AvgIpc) is 2.65. The third kappa shape index (κ3) is 2.69. The molecular weight excluding hydrogens is 180 g/mol. The number of hydrogen-bond donors (Lipinski definition) is 1. The molecule has 2 N–H and O–H groups in total. The largest absolute Gasteiger partial charge is 0.364 e. The Morgan fingerprint density at radius 1 is 1.57 bits per heavy atom. The minimum atomic E-state index is -0.250. The van der Waals surface area contributed by atoms with Crippen molar-refractivity contribution in [2.45, 2.75) is 38.4 Å². The Morgan fingerprint density at radius 2 is 2.29 bits per heavy atom. The molecule has 0 aromatic heterocycles. The second-order valence-corrected chi connectivity index (χ2v) is 3.82. The number of amides is 1. The van der Waals surface area contributed by atoms with Crippen molar-refractivity contribution in [1.29, 1.82) is 0 Å². The van der Waals surface area contributed by atoms with Crippen LogP contribution in [0.4, 0.5) is 0 Å². The summed E-state index contributed by atoms with van der Waals surface area (Å²) in [7, 11) is 1.82. The van der Waals surface area contributed by atoms with Crippen LogP contribution in [-0.4, -0.2) is 43.2 Å². The highest BCUT2D eigenvalue weighted by atomic mass is 16.5. The molecule has 4 nitrogen and oxygen atoms in total. The van der Waals surface area contributed by atoms with E-state index >= 15 is 0 Å². The molecule has 1 aliphatic heterocycles. The zero-order valence-corrected chi connectivity index (χ0v) is 9.03. The second-order valence-electron chi connectivity index (χ2n) is 3.82. The van der Waals surface area contributed by atoms with Gasteiger partial charge in [-0.3, -0.25) is 4.79 Å². The van der Waals surface area contributed by atoms with Crippen LogP contribution in [0.5, 0.6) is 0 Å². The molecule has 82 valence electrons. The van der Waals surface area contributed by atoms with Crippen molar-refractivity contribution < 1.29 is 9.53 Å². The van der Waals surface area contributed by atoms with Crippen LogP contribution < -0.4 is 5.73 Å². The van der Waals surface area contributed by atoms with Gasteiger partial charge >= 0.3 is 0 Å². The van der Waals surface area contributed by atoms with E-state index in [4.69, 9.17) is 10.5 Å². The zero-order chi connectivity index (χ0) is 10.6. The molecule has 14 heavy (non-hydrogen) atoms. The first kappa shape index (κ1) is 11.5. The maximum Gasteiger partial charge on any atom is 0.251 e. The monoisotopic (exact) mass is 200 g/mol. The summed E-state index contributed by atoms with van der Waals surface area (Å²) in [5, 5.41) is 0. The third-order valence-electron chi connectivity index (χ3n) is 2.58. The van der Waals surface area contributed by atoms with Crippen molar-refractivity contribution in [3.05, 3.63) is 0 Å². The van der Waals surface area contributed by atoms with Crippen molar-refractivity contribution in [3.63, 3.8) is 0 Å². The molecule has 0 aliphatic carbocycles. The number of hydrogen-bond acceptors (Lipinski definition) is 3. The van der Waals surface area contributed by atoms with E-state index in [-0.39, 0.29) is 18.1 Å². The number of nitrogens with zero attached hydrogens (tertiary/aromatic N) is 1. The van der Waals surface area contributed by atoms with E-state index in [0.29, 0.717) is 6.54 Å². The van der Waals surface area contributed by atoms with Crippen LogP contribution in [0.25, 0.3) is 0 Å². The van der Waals surface area contributed by atoms with Crippen LogP contribution in [0.3, 0.4) is 0 Å². The summed E-state index contributed by atoms with van der Waals surface area (Å²) >= 11 is 0. The Labute approximate surface area is 85.4 Å². The highest BCUT2D eigenvalue weighted by Gasteiger charge is 2.31. The van der Waals surface area contributed by atoms with Crippen molar-refractivity contribution >= 4 is 5.91 Å². The van der Waals surface area contributed by atoms with Crippen LogP contribution in [0.15, 0.2) is 0 Å². The quantitative estimate of drug-likeness (QED) is 0.713. The zero-order valence-electron chi connectivity index (χ0n) is 9.03. The van der Waals surface area contributed by atoms with Crippen molar-refractivity contribution in [1.82, 2.24) is 4.90 Å². The Balaban J connectivity index is 2.38. The Kier molecular flexibility index (Phi) is 4.35. The van der Waals surface area contributed by atoms with Crippen LogP contribution in [-0.2, 0) is 9.53 Å². The molecule has 4 heteroatoms. The highest BCUT2D eigenvalue weighted by Crippen LogP contribution is 2.20. The van der Waals surface area contributed by atoms with Crippen LogP contribution in [0.1, 0.15) is 26.2 Å². The lowest BCUT2D eigenvalue weighted by atomic mass is 10.2. The Bertz CT molecular complexity index is 197. The smallest absolute Gasteiger partial charge is 0.251 e. The molecular formula is C10H20N2O2. The maximum absolute atomic E-state index is 11.8. The predicted octanol–water partition coefficient (Wildman–Crippen LogP) is 0.361. The molecule has 2 unspecified atom stereocenters. The Morgan fingerprint density at radius 3 is 2.79 bits per heavy atom. The Hall–Kier alpha value is -0.610. The van der Waals surface area contributed by atoms with Gasteiger partial charge in [0.25, 0.3) is 5.91 Å². The number of rotatable bonds is 4. The first-order chi connectivity index (χ1) is 6.69. The molecule has 1 fully saturated rings. The van der Waals surface area contributed by atoms with Gasteiger partial charge in [-0.2, -0.15) is 0 Å². The summed E-state index contributed by atoms with van der Waals surface area (Å²) in [4.78, 5) is 13.5. The van der Waals surface area contributed by atoms with Gasteiger partial charge in [-0.1, -0.05) is 6.92 Å². The molecule has 0 spiro atoms. The standard InChI is InChI=1S/C10H20N2O2/c1-3-6-12(2)10(13)9-5-4-8(7-11)14-9/h8-9H,3-7,11H2,1-2H3. The molecule has 0 aromatic carbocycles. The van der Waals surface area contributed by atoms with Crippen LogP contribution >= 0.6 is 0 Å². The van der Waals surface area contributed by atoms with E-state index in [0.717, 1.165) is 25.8 Å². The van der Waals surface area contributed by atoms with Gasteiger partial charge in [0.2, 0.25) is 0 Å². The number of carbonyl (C=O) groups excluding carboxylic acids is 1. The van der Waals surface area contributed by atoms with Gasteiger partial charge in [0.1, 0.15) is 6.10 Å². The lowest BCUT2D eigenvalue weighted by Gasteiger charge is -2.20. The highest BCUT2D eigenvalue weighted by molar-refractivity contribution is 5.80. The molecule has 1 rings (SSSR count). The molecule has 0 bridgehead atoms. The normalized spacial score (nSPS) is 26.5. The maximum atomic E-state index is 11.8. The molecule has 2 atom stereocenters. The van der Waals surface area contributed by atoms with Gasteiger partial charge in [-0.15, -0.1) is 0 Å². The summed E-state index contributed by atoms with van der Waals surface area (Å²) in [6.45, 7) is 3.37. The summed E-state index contributed by atoms with van der Waals surface area (Å²) in [6, 6.07) is 0. The molecule has 0 radical (unpaired) electrons. The van der Waals surface area contributed by atoms with Gasteiger partial charge in [-0.25, -0.2) is 0 Å². The van der Waals surface area contributed by atoms with E-state index in [1.807, 2.05) is 7.05 Å². The fourth-order valence-electron chi connectivity index (χ4n) is 1.75. The molecule has 1 saturated heterocycles. The van der Waals surface area contributed by atoms with Crippen molar-refractivity contribution in [2.24, 2.45) is 5.73 Å². The first-order valence-corrected chi connectivity index (χ1v) is 5.29. The third-order valence-corrected chi connectivity index (χ3v) is 2.58. The first-order valence-electron chi connectivity index (χ1n) is 5.29. The number of carbonyl (C=O) groups is 1. The van der Waals surface area contributed by atoms with Crippen LogP contribution in [0, 0.1) is 0 Å². The van der Waals surface area contributed by atoms with Crippen LogP contribution in [0.2, 0.25) is 0 Å². The van der Waals surface area contributed by atoms with Gasteiger partial charge in [0.05, 0.1) is 6.10 Å². The number of ether oxygens (including phenoxy) is 1. The van der Waals surface area contributed by atoms with E-state index in [2.05, 4.69) is 6.92 Å². The summed E-state index contributed by atoms with van der Waals surface area (Å²) in [6.07, 6.45) is 2.54. The van der Waals surface area contributed by atoms with Gasteiger partial charge in [-0.05, 0) is 19.3 Å². The van der Waals surface area contributed by atoms with Crippen molar-refractivity contribution in [3.8, 4) is 0 Å². The molecule has 1 aliphatic rings. The molecule has 0 aromatic rings. The minimum absolute atomic E-state index is 0.0824. The lowest BCUT2D eigenvalue weighted by molar-refractivity contribution is -0.141. The minimum Gasteiger partial charge on any atom is -0.364 e. The van der Waals surface area contributed by atoms with E-state index in [9.17, 15) is 4.79 Å². The topological polar surface area (TPSA) is 55.6 Å². The van der Waals surface area contributed by atoms with E-state index in [1.54, 1.807) is 4.90 Å². The second kappa shape index (κ2) is 5.32. The predicted molar refractivity (Wildman–Crippen MR) is 54.9 cm³/mol. The van der Waals surface area contributed by atoms with Gasteiger partial charge < -0.3 is 15.4 Å². The van der Waals surface area contributed by atoms with E-state index in [1.165, 1.54) is 0 Å². The van der Waals surface area contributed by atoms with Crippen molar-refractivity contribution in [2.75, 3.05) is 20.1 Å². The van der Waals surface area contributed by atoms with Gasteiger partial charge in [0.15, 0.2) is 0 Å². The molecule has 0 saturated carbocycles. The molecule has 1 heterocycles. The summed E-state index contributed by atoms with van der Waals surface area (Å²) in [5.74, 6) is 0.0998. The lowest BCUT2D eigenvalue weighted by Crippen LogP contribution is -2.37. The summed E-state index contributed by atoms with van der Waals surface area (Å²) < 4.78 is 5.52. The van der Waals surface area contributed by atoms with Gasteiger partial charge in [0, 0.05) is 20.1 Å².